The van der Waals surface area contributed by atoms with Crippen molar-refractivity contribution in [2.75, 3.05) is 19.6 Å². The Morgan fingerprint density at radius 1 is 1.12 bits per heavy atom. The molecule has 1 amide bonds. The first-order valence-electron chi connectivity index (χ1n) is 12.0. The lowest BCUT2D eigenvalue weighted by Gasteiger charge is -2.54. The number of esters is 1. The first-order chi connectivity index (χ1) is 15.9. The van der Waals surface area contributed by atoms with Gasteiger partial charge in [-0.3, -0.25) is 4.79 Å². The van der Waals surface area contributed by atoms with E-state index >= 15 is 0 Å². The van der Waals surface area contributed by atoms with Crippen LogP contribution in [0.15, 0.2) is 47.2 Å². The predicted molar refractivity (Wildman–Crippen MR) is 118 cm³/mol. The molecular weight excluding hydrogens is 422 g/mol. The number of piperidine rings is 3. The molecule has 4 aliphatic rings. The molecular formula is C25H32N3O5+. The minimum absolute atomic E-state index is 0.162. The highest BCUT2D eigenvalue weighted by Crippen LogP contribution is 2.45. The number of hydrogen-bond acceptors (Lipinski definition) is 6. The van der Waals surface area contributed by atoms with Crippen LogP contribution in [0.25, 0.3) is 0 Å². The Kier molecular flexibility index (Phi) is 5.74. The van der Waals surface area contributed by atoms with E-state index in [9.17, 15) is 14.7 Å². The summed E-state index contributed by atoms with van der Waals surface area (Å²) in [6.07, 6.45) is 6.30. The van der Waals surface area contributed by atoms with E-state index in [0.29, 0.717) is 22.3 Å². The van der Waals surface area contributed by atoms with Crippen molar-refractivity contribution >= 4 is 11.9 Å². The van der Waals surface area contributed by atoms with E-state index in [4.69, 9.17) is 15.0 Å². The van der Waals surface area contributed by atoms with Gasteiger partial charge in [0, 0.05) is 30.7 Å². The first-order valence-corrected chi connectivity index (χ1v) is 12.0. The number of ether oxygens (including phenoxy) is 1. The molecule has 6 rings (SSSR count). The normalized spacial score (nSPS) is 30.0. The van der Waals surface area contributed by atoms with Crippen molar-refractivity contribution in [2.45, 2.75) is 56.3 Å². The molecule has 2 aromatic rings. The molecule has 4 fully saturated rings. The maximum absolute atomic E-state index is 13.6. The Morgan fingerprint density at radius 2 is 1.82 bits per heavy atom. The second-order valence-electron chi connectivity index (χ2n) is 9.97. The molecule has 3 atom stereocenters. The summed E-state index contributed by atoms with van der Waals surface area (Å²) in [6.45, 7) is 2.02. The highest BCUT2D eigenvalue weighted by Gasteiger charge is 2.56. The van der Waals surface area contributed by atoms with E-state index in [1.54, 1.807) is 18.2 Å². The van der Waals surface area contributed by atoms with Gasteiger partial charge >= 0.3 is 5.97 Å². The van der Waals surface area contributed by atoms with Crippen LogP contribution in [0.2, 0.25) is 0 Å². The molecule has 8 heteroatoms. The van der Waals surface area contributed by atoms with Crippen molar-refractivity contribution in [3.63, 3.8) is 0 Å². The third-order valence-electron chi connectivity index (χ3n) is 8.24. The van der Waals surface area contributed by atoms with Crippen molar-refractivity contribution in [1.82, 2.24) is 5.16 Å². The SMILES string of the molecule is NC(=O)C(c1ccon1)[N+]12CCC(CC1)[C@@H](OC(=O)C(O)(c1ccccc1)C1CCCC1)C2. The summed E-state index contributed by atoms with van der Waals surface area (Å²) in [7, 11) is 0. The van der Waals surface area contributed by atoms with E-state index in [0.717, 1.165) is 51.6 Å². The lowest BCUT2D eigenvalue weighted by atomic mass is 9.79. The van der Waals surface area contributed by atoms with Gasteiger partial charge in [0.1, 0.15) is 12.8 Å². The molecule has 1 aromatic heterocycles. The third-order valence-corrected chi connectivity index (χ3v) is 8.24. The number of carbonyl (C=O) groups excluding carboxylic acids is 2. The van der Waals surface area contributed by atoms with E-state index in [-0.39, 0.29) is 17.9 Å². The van der Waals surface area contributed by atoms with Crippen LogP contribution < -0.4 is 5.73 Å². The van der Waals surface area contributed by atoms with Crippen molar-refractivity contribution in [1.29, 1.82) is 0 Å². The van der Waals surface area contributed by atoms with Crippen LogP contribution in [0.1, 0.15) is 55.8 Å². The predicted octanol–water partition coefficient (Wildman–Crippen LogP) is 2.43. The first kappa shape index (κ1) is 22.1. The number of aliphatic hydroxyl groups is 1. The maximum Gasteiger partial charge on any atom is 0.343 e. The second-order valence-corrected chi connectivity index (χ2v) is 9.97. The van der Waals surface area contributed by atoms with Gasteiger partial charge in [-0.25, -0.2) is 4.79 Å². The smallest absolute Gasteiger partial charge is 0.343 e. The van der Waals surface area contributed by atoms with E-state index in [1.165, 1.54) is 6.26 Å². The van der Waals surface area contributed by atoms with Crippen LogP contribution in [0.5, 0.6) is 0 Å². The molecule has 1 aromatic carbocycles. The zero-order valence-corrected chi connectivity index (χ0v) is 18.8. The number of primary amides is 1. The van der Waals surface area contributed by atoms with Crippen LogP contribution in [-0.4, -0.2) is 52.4 Å². The van der Waals surface area contributed by atoms with Crippen molar-refractivity contribution < 1.29 is 28.4 Å². The van der Waals surface area contributed by atoms with Crippen molar-refractivity contribution in [2.24, 2.45) is 17.6 Å². The van der Waals surface area contributed by atoms with Crippen LogP contribution in [0, 0.1) is 11.8 Å². The van der Waals surface area contributed by atoms with E-state index in [1.807, 2.05) is 18.2 Å². The van der Waals surface area contributed by atoms with Crippen LogP contribution in [0.3, 0.4) is 0 Å². The molecule has 176 valence electrons. The van der Waals surface area contributed by atoms with E-state index < -0.39 is 23.5 Å². The molecule has 1 saturated carbocycles. The molecule has 2 bridgehead atoms. The van der Waals surface area contributed by atoms with Gasteiger partial charge in [-0.1, -0.05) is 48.3 Å². The lowest BCUT2D eigenvalue weighted by Crippen LogP contribution is -2.67. The largest absolute Gasteiger partial charge is 0.454 e. The average molecular weight is 455 g/mol. The fraction of sp³-hybridized carbons (Fsp3) is 0.560. The number of amides is 1. The van der Waals surface area contributed by atoms with Crippen molar-refractivity contribution in [3.05, 3.63) is 53.9 Å². The molecule has 3 aliphatic heterocycles. The van der Waals surface area contributed by atoms with Crippen LogP contribution in [0.4, 0.5) is 0 Å². The summed E-state index contributed by atoms with van der Waals surface area (Å²) < 4.78 is 11.5. The van der Waals surface area contributed by atoms with Crippen LogP contribution >= 0.6 is 0 Å². The average Bonchev–Trinajstić information content (AvgIpc) is 3.54. The number of benzene rings is 1. The molecule has 3 N–H and O–H groups in total. The van der Waals surface area contributed by atoms with Gasteiger partial charge in [0.15, 0.2) is 17.4 Å². The Balaban J connectivity index is 1.42. The summed E-state index contributed by atoms with van der Waals surface area (Å²) in [6, 6.07) is 10.2. The molecule has 33 heavy (non-hydrogen) atoms. The zero-order valence-electron chi connectivity index (χ0n) is 18.8. The highest BCUT2D eigenvalue weighted by atomic mass is 16.6. The molecule has 3 saturated heterocycles. The molecule has 0 radical (unpaired) electrons. The third kappa shape index (κ3) is 3.75. The molecule has 2 unspecified atom stereocenters. The lowest BCUT2D eigenvalue weighted by molar-refractivity contribution is -0.965. The van der Waals surface area contributed by atoms with Gasteiger partial charge in [-0.15, -0.1) is 0 Å². The second kappa shape index (κ2) is 8.57. The van der Waals surface area contributed by atoms with Gasteiger partial charge in [-0.2, -0.15) is 0 Å². The maximum atomic E-state index is 13.6. The summed E-state index contributed by atoms with van der Waals surface area (Å²) in [4.78, 5) is 26.1. The number of carbonyl (C=O) groups is 2. The topological polar surface area (TPSA) is 116 Å². The monoisotopic (exact) mass is 454 g/mol. The zero-order chi connectivity index (χ0) is 23.1. The quantitative estimate of drug-likeness (QED) is 0.490. The fourth-order valence-corrected chi connectivity index (χ4v) is 6.50. The standard InChI is InChI=1S/C25H31N3O5/c26-23(29)22(20-12-15-32-27-20)28-13-10-17(11-14-28)21(16-28)33-24(30)25(31,19-8-4-5-9-19)18-6-2-1-3-7-18/h1-3,6-7,12,15,17,19,21-22,31H,4-5,8-11,13-14,16H2,(H-,26,29)/p+1/t17?,21-,22?,25?,28?/m0/s1. The van der Waals surface area contributed by atoms with Gasteiger partial charge < -0.3 is 24.6 Å². The minimum atomic E-state index is -1.66. The Hall–Kier alpha value is -2.71. The molecule has 4 heterocycles. The highest BCUT2D eigenvalue weighted by molar-refractivity contribution is 5.82. The van der Waals surface area contributed by atoms with Gasteiger partial charge in [0.25, 0.3) is 5.91 Å². The number of fused-ring (bicyclic) bond motifs is 3. The number of hydrogen-bond donors (Lipinski definition) is 2. The van der Waals surface area contributed by atoms with E-state index in [2.05, 4.69) is 5.16 Å². The summed E-state index contributed by atoms with van der Waals surface area (Å²) in [5.41, 5.74) is 5.27. The number of aromatic nitrogens is 1. The Labute approximate surface area is 193 Å². The van der Waals surface area contributed by atoms with Gasteiger partial charge in [-0.05, 0) is 18.4 Å². The number of nitrogens with two attached hydrogens (primary N) is 1. The summed E-state index contributed by atoms with van der Waals surface area (Å²) in [5.74, 6) is -0.982. The molecule has 0 spiro atoms. The van der Waals surface area contributed by atoms with Crippen LogP contribution in [-0.2, 0) is 19.9 Å². The molecule has 1 aliphatic carbocycles. The minimum Gasteiger partial charge on any atom is -0.454 e. The number of rotatable bonds is 7. The molecule has 8 nitrogen and oxygen atoms in total. The Bertz CT molecular complexity index is 981. The summed E-state index contributed by atoms with van der Waals surface area (Å²) in [5, 5.41) is 15.8. The van der Waals surface area contributed by atoms with Gasteiger partial charge in [0.05, 0.1) is 13.1 Å². The van der Waals surface area contributed by atoms with Crippen molar-refractivity contribution in [3.8, 4) is 0 Å². The summed E-state index contributed by atoms with van der Waals surface area (Å²) >= 11 is 0. The fourth-order valence-electron chi connectivity index (χ4n) is 6.50. The number of nitrogens with zero attached hydrogens (tertiary/aromatic N) is 2. The Morgan fingerprint density at radius 3 is 2.42 bits per heavy atom. The number of quaternary nitrogens is 1. The van der Waals surface area contributed by atoms with Gasteiger partial charge in [0.2, 0.25) is 6.04 Å².